The van der Waals surface area contributed by atoms with Gasteiger partial charge in [0.25, 0.3) is 11.8 Å². The van der Waals surface area contributed by atoms with Gasteiger partial charge in [-0.3, -0.25) is 9.59 Å². The van der Waals surface area contributed by atoms with Crippen molar-refractivity contribution in [3.8, 4) is 0 Å². The third-order valence-corrected chi connectivity index (χ3v) is 7.21. The van der Waals surface area contributed by atoms with Gasteiger partial charge >= 0.3 is 5.97 Å². The van der Waals surface area contributed by atoms with E-state index in [0.717, 1.165) is 38.5 Å². The standard InChI is InChI=1S/C25H36N2O4/c1-17-10-9-15-22(18(17)2)26-23(28)16-31-25(30)21-14-8-7-13-20(21)24(29)27(3)19-11-5-4-6-12-19/h7-8,13-14,17-19,22H,4-6,9-12,15-16H2,1-3H3,(H,26,28)/t17-,18+,22-/m0/s1. The first-order valence-electron chi connectivity index (χ1n) is 11.7. The van der Waals surface area contributed by atoms with E-state index in [1.165, 1.54) is 12.8 Å². The van der Waals surface area contributed by atoms with Crippen LogP contribution in [0.15, 0.2) is 24.3 Å². The van der Waals surface area contributed by atoms with E-state index in [0.29, 0.717) is 17.4 Å². The van der Waals surface area contributed by atoms with Crippen LogP contribution in [0.4, 0.5) is 0 Å². The molecule has 0 saturated heterocycles. The summed E-state index contributed by atoms with van der Waals surface area (Å²) in [5.74, 6) is -0.125. The molecule has 2 fully saturated rings. The molecule has 0 heterocycles. The summed E-state index contributed by atoms with van der Waals surface area (Å²) in [4.78, 5) is 39.9. The van der Waals surface area contributed by atoms with Gasteiger partial charge in [-0.25, -0.2) is 4.79 Å². The van der Waals surface area contributed by atoms with Crippen LogP contribution in [0.2, 0.25) is 0 Å². The maximum absolute atomic E-state index is 13.1. The topological polar surface area (TPSA) is 75.7 Å². The molecule has 3 rings (SSSR count). The van der Waals surface area contributed by atoms with Gasteiger partial charge < -0.3 is 15.0 Å². The molecule has 31 heavy (non-hydrogen) atoms. The molecule has 0 radical (unpaired) electrons. The van der Waals surface area contributed by atoms with Crippen molar-refractivity contribution >= 4 is 17.8 Å². The molecule has 2 aliphatic rings. The quantitative estimate of drug-likeness (QED) is 0.690. The Balaban J connectivity index is 1.59. The second kappa shape index (κ2) is 10.8. The van der Waals surface area contributed by atoms with Crippen molar-refractivity contribution in [3.63, 3.8) is 0 Å². The molecule has 0 unspecified atom stereocenters. The predicted molar refractivity (Wildman–Crippen MR) is 120 cm³/mol. The van der Waals surface area contributed by atoms with Crippen molar-refractivity contribution in [2.45, 2.75) is 77.3 Å². The van der Waals surface area contributed by atoms with E-state index in [-0.39, 0.29) is 36.1 Å². The van der Waals surface area contributed by atoms with E-state index < -0.39 is 5.97 Å². The van der Waals surface area contributed by atoms with E-state index in [9.17, 15) is 14.4 Å². The minimum atomic E-state index is -0.638. The molecule has 2 saturated carbocycles. The fourth-order valence-corrected chi connectivity index (χ4v) is 4.91. The third kappa shape index (κ3) is 5.86. The maximum atomic E-state index is 13.1. The van der Waals surface area contributed by atoms with Gasteiger partial charge in [0, 0.05) is 19.1 Å². The van der Waals surface area contributed by atoms with Gasteiger partial charge in [0.2, 0.25) is 0 Å². The highest BCUT2D eigenvalue weighted by molar-refractivity contribution is 6.05. The SMILES string of the molecule is C[C@H]1[C@@H](NC(=O)COC(=O)c2ccccc2C(=O)N(C)C2CCCCC2)CCC[C@@H]1C. The zero-order valence-corrected chi connectivity index (χ0v) is 19.1. The number of carbonyl (C=O) groups excluding carboxylic acids is 3. The fraction of sp³-hybridized carbons (Fsp3) is 0.640. The Morgan fingerprint density at radius 2 is 1.65 bits per heavy atom. The van der Waals surface area contributed by atoms with Gasteiger partial charge in [0.1, 0.15) is 0 Å². The van der Waals surface area contributed by atoms with E-state index in [4.69, 9.17) is 4.74 Å². The number of carbonyl (C=O) groups is 3. The number of hydrogen-bond donors (Lipinski definition) is 1. The van der Waals surface area contributed by atoms with Crippen LogP contribution in [-0.2, 0) is 9.53 Å². The fourth-order valence-electron chi connectivity index (χ4n) is 4.91. The van der Waals surface area contributed by atoms with Crippen LogP contribution in [0.3, 0.4) is 0 Å². The van der Waals surface area contributed by atoms with Crippen molar-refractivity contribution in [2.75, 3.05) is 13.7 Å². The molecule has 3 atom stereocenters. The smallest absolute Gasteiger partial charge is 0.339 e. The van der Waals surface area contributed by atoms with Gasteiger partial charge in [-0.05, 0) is 43.2 Å². The van der Waals surface area contributed by atoms with E-state index in [1.807, 2.05) is 0 Å². The van der Waals surface area contributed by atoms with Crippen LogP contribution in [-0.4, -0.2) is 48.4 Å². The molecular weight excluding hydrogens is 392 g/mol. The van der Waals surface area contributed by atoms with E-state index >= 15 is 0 Å². The molecule has 1 aromatic carbocycles. The average Bonchev–Trinajstić information content (AvgIpc) is 2.80. The Labute approximate surface area is 185 Å². The Bertz CT molecular complexity index is 787. The summed E-state index contributed by atoms with van der Waals surface area (Å²) in [6, 6.07) is 7.02. The Morgan fingerprint density at radius 1 is 0.968 bits per heavy atom. The lowest BCUT2D eigenvalue weighted by atomic mass is 9.78. The van der Waals surface area contributed by atoms with E-state index in [2.05, 4.69) is 19.2 Å². The molecule has 6 nitrogen and oxygen atoms in total. The largest absolute Gasteiger partial charge is 0.452 e. The van der Waals surface area contributed by atoms with Crippen LogP contribution < -0.4 is 5.32 Å². The Hall–Kier alpha value is -2.37. The number of esters is 1. The molecule has 1 aromatic rings. The lowest BCUT2D eigenvalue weighted by molar-refractivity contribution is -0.125. The molecular formula is C25H36N2O4. The molecule has 0 aliphatic heterocycles. The number of hydrogen-bond acceptors (Lipinski definition) is 4. The second-order valence-corrected chi connectivity index (χ2v) is 9.27. The van der Waals surface area contributed by atoms with Gasteiger partial charge in [-0.1, -0.05) is 58.1 Å². The second-order valence-electron chi connectivity index (χ2n) is 9.27. The minimum absolute atomic E-state index is 0.118. The molecule has 170 valence electrons. The van der Waals surface area contributed by atoms with Crippen LogP contribution in [0.1, 0.15) is 85.9 Å². The summed E-state index contributed by atoms with van der Waals surface area (Å²) < 4.78 is 5.29. The summed E-state index contributed by atoms with van der Waals surface area (Å²) in [6.45, 7) is 4.03. The molecule has 2 amide bonds. The number of ether oxygens (including phenoxy) is 1. The normalized spacial score (nSPS) is 24.3. The average molecular weight is 429 g/mol. The van der Waals surface area contributed by atoms with Crippen molar-refractivity contribution in [2.24, 2.45) is 11.8 Å². The number of nitrogens with one attached hydrogen (secondary N) is 1. The van der Waals surface area contributed by atoms with E-state index in [1.54, 1.807) is 36.2 Å². The van der Waals surface area contributed by atoms with Gasteiger partial charge in [0.15, 0.2) is 6.61 Å². The highest BCUT2D eigenvalue weighted by Crippen LogP contribution is 2.29. The first-order valence-corrected chi connectivity index (χ1v) is 11.7. The molecule has 0 aromatic heterocycles. The number of nitrogens with zero attached hydrogens (tertiary/aromatic N) is 1. The van der Waals surface area contributed by atoms with Crippen LogP contribution >= 0.6 is 0 Å². The number of amides is 2. The summed E-state index contributed by atoms with van der Waals surface area (Å²) in [7, 11) is 1.81. The van der Waals surface area contributed by atoms with Crippen molar-refractivity contribution < 1.29 is 19.1 Å². The number of benzene rings is 1. The zero-order valence-electron chi connectivity index (χ0n) is 19.1. The lowest BCUT2D eigenvalue weighted by Gasteiger charge is -2.34. The van der Waals surface area contributed by atoms with Crippen molar-refractivity contribution in [3.05, 3.63) is 35.4 Å². The summed E-state index contributed by atoms with van der Waals surface area (Å²) in [5.41, 5.74) is 0.540. The zero-order chi connectivity index (χ0) is 22.4. The van der Waals surface area contributed by atoms with Gasteiger partial charge in [0.05, 0.1) is 11.1 Å². The summed E-state index contributed by atoms with van der Waals surface area (Å²) in [6.07, 6.45) is 8.68. The first kappa shape index (κ1) is 23.3. The molecule has 0 bridgehead atoms. The van der Waals surface area contributed by atoms with Crippen molar-refractivity contribution in [1.29, 1.82) is 0 Å². The molecule has 0 spiro atoms. The molecule has 1 N–H and O–H groups in total. The van der Waals surface area contributed by atoms with Gasteiger partial charge in [-0.15, -0.1) is 0 Å². The van der Waals surface area contributed by atoms with Crippen LogP contribution in [0.5, 0.6) is 0 Å². The molecule has 6 heteroatoms. The van der Waals surface area contributed by atoms with Crippen LogP contribution in [0, 0.1) is 11.8 Å². The Morgan fingerprint density at radius 3 is 2.35 bits per heavy atom. The number of rotatable bonds is 6. The monoisotopic (exact) mass is 428 g/mol. The third-order valence-electron chi connectivity index (χ3n) is 7.21. The Kier molecular flexibility index (Phi) is 8.10. The maximum Gasteiger partial charge on any atom is 0.339 e. The van der Waals surface area contributed by atoms with Crippen molar-refractivity contribution in [1.82, 2.24) is 10.2 Å². The predicted octanol–water partition coefficient (Wildman–Crippen LogP) is 4.19. The molecule has 2 aliphatic carbocycles. The lowest BCUT2D eigenvalue weighted by Crippen LogP contribution is -2.45. The summed E-state index contributed by atoms with van der Waals surface area (Å²) >= 11 is 0. The van der Waals surface area contributed by atoms with Crippen LogP contribution in [0.25, 0.3) is 0 Å². The highest BCUT2D eigenvalue weighted by Gasteiger charge is 2.29. The van der Waals surface area contributed by atoms with Gasteiger partial charge in [-0.2, -0.15) is 0 Å². The first-order chi connectivity index (χ1) is 14.9. The summed E-state index contributed by atoms with van der Waals surface area (Å²) in [5, 5.41) is 3.01. The minimum Gasteiger partial charge on any atom is -0.452 e. The highest BCUT2D eigenvalue weighted by atomic mass is 16.5.